The van der Waals surface area contributed by atoms with E-state index in [9.17, 15) is 4.79 Å². The molecular weight excluding hydrogens is 258 g/mol. The molecule has 4 nitrogen and oxygen atoms in total. The quantitative estimate of drug-likeness (QED) is 0.888. The Morgan fingerprint density at radius 1 is 1.42 bits per heavy atom. The molecule has 5 heteroatoms. The average Bonchev–Trinajstić information content (AvgIpc) is 2.88. The predicted octanol–water partition coefficient (Wildman–Crippen LogP) is 1.91. The van der Waals surface area contributed by atoms with Crippen molar-refractivity contribution in [1.29, 1.82) is 0 Å². The summed E-state index contributed by atoms with van der Waals surface area (Å²) in [6, 6.07) is 0.330. The number of hydrogen-bond donors (Lipinski definition) is 2. The molecule has 104 valence electrons. The zero-order chi connectivity index (χ0) is 13.2. The van der Waals surface area contributed by atoms with Crippen molar-refractivity contribution in [1.82, 2.24) is 10.3 Å². The number of carbonyl (C=O) groups is 1. The normalized spacial score (nSPS) is 33.9. The first-order valence-corrected chi connectivity index (χ1v) is 8.03. The minimum Gasteiger partial charge on any atom is -0.349 e. The number of thiazole rings is 1. The summed E-state index contributed by atoms with van der Waals surface area (Å²) in [6.45, 7) is 0.564. The number of carbonyl (C=O) groups excluding carboxylic acids is 1. The third kappa shape index (κ3) is 2.82. The van der Waals surface area contributed by atoms with Crippen molar-refractivity contribution < 1.29 is 4.79 Å². The van der Waals surface area contributed by atoms with Gasteiger partial charge in [0.1, 0.15) is 5.01 Å². The Bertz CT molecular complexity index is 420. The lowest BCUT2D eigenvalue weighted by atomic mass is 9.65. The maximum Gasteiger partial charge on any atom is 0.223 e. The van der Waals surface area contributed by atoms with Crippen LogP contribution in [0.15, 0.2) is 11.6 Å². The summed E-state index contributed by atoms with van der Waals surface area (Å²) >= 11 is 1.58. The molecule has 0 aromatic carbocycles. The Balaban J connectivity index is 1.56. The van der Waals surface area contributed by atoms with Crippen LogP contribution >= 0.6 is 11.3 Å². The highest BCUT2D eigenvalue weighted by atomic mass is 32.1. The molecule has 0 aliphatic heterocycles. The smallest absolute Gasteiger partial charge is 0.223 e. The predicted molar refractivity (Wildman–Crippen MR) is 75.5 cm³/mol. The Hall–Kier alpha value is -0.940. The van der Waals surface area contributed by atoms with Crippen LogP contribution in [-0.2, 0) is 11.3 Å². The average molecular weight is 279 g/mol. The number of nitrogens with zero attached hydrogens (tertiary/aromatic N) is 1. The second kappa shape index (κ2) is 5.59. The maximum absolute atomic E-state index is 12.3. The molecule has 0 spiro atoms. The van der Waals surface area contributed by atoms with E-state index < -0.39 is 0 Å². The first kappa shape index (κ1) is 13.1. The summed E-state index contributed by atoms with van der Waals surface area (Å²) in [7, 11) is 0. The molecular formula is C14H21N3OS. The largest absolute Gasteiger partial charge is 0.349 e. The summed E-state index contributed by atoms with van der Waals surface area (Å²) in [5, 5.41) is 5.94. The molecule has 2 atom stereocenters. The molecule has 3 N–H and O–H groups in total. The van der Waals surface area contributed by atoms with E-state index in [1.54, 1.807) is 17.5 Å². The van der Waals surface area contributed by atoms with E-state index in [4.69, 9.17) is 5.73 Å². The molecule has 2 fully saturated rings. The standard InChI is InChI=1S/C14H21N3OS/c15-13-9-2-1-3-10(13)7-11(6-9)14(18)17-8-12-16-4-5-19-12/h4-5,9-11,13H,1-3,6-8,15H2,(H,17,18). The fourth-order valence-electron chi connectivity index (χ4n) is 3.65. The SMILES string of the molecule is NC1C2CCCC1CC(C(=O)NCc1nccs1)C2. The minimum atomic E-state index is 0.162. The van der Waals surface area contributed by atoms with Crippen molar-refractivity contribution in [2.45, 2.75) is 44.7 Å². The molecule has 0 saturated heterocycles. The van der Waals surface area contributed by atoms with Gasteiger partial charge in [0.05, 0.1) is 6.54 Å². The van der Waals surface area contributed by atoms with Crippen molar-refractivity contribution in [2.75, 3.05) is 0 Å². The molecule has 1 amide bonds. The van der Waals surface area contributed by atoms with Gasteiger partial charge in [-0.15, -0.1) is 11.3 Å². The van der Waals surface area contributed by atoms with Gasteiger partial charge in [-0.05, 0) is 37.5 Å². The van der Waals surface area contributed by atoms with Crippen LogP contribution < -0.4 is 11.1 Å². The summed E-state index contributed by atoms with van der Waals surface area (Å²) in [5.41, 5.74) is 6.26. The molecule has 1 aromatic rings. The van der Waals surface area contributed by atoms with E-state index in [0.717, 1.165) is 17.8 Å². The van der Waals surface area contributed by atoms with Crippen LogP contribution in [0.4, 0.5) is 0 Å². The van der Waals surface area contributed by atoms with Crippen LogP contribution in [0, 0.1) is 17.8 Å². The fourth-order valence-corrected chi connectivity index (χ4v) is 4.21. The topological polar surface area (TPSA) is 68.0 Å². The van der Waals surface area contributed by atoms with E-state index in [0.29, 0.717) is 24.4 Å². The van der Waals surface area contributed by atoms with E-state index >= 15 is 0 Å². The summed E-state index contributed by atoms with van der Waals surface area (Å²) in [6.07, 6.45) is 7.41. The molecule has 1 heterocycles. The highest BCUT2D eigenvalue weighted by Gasteiger charge is 2.40. The second-order valence-electron chi connectivity index (χ2n) is 5.84. The Morgan fingerprint density at radius 2 is 2.16 bits per heavy atom. The zero-order valence-electron chi connectivity index (χ0n) is 11.0. The van der Waals surface area contributed by atoms with Gasteiger partial charge in [0.2, 0.25) is 5.91 Å². The van der Waals surface area contributed by atoms with Crippen LogP contribution in [-0.4, -0.2) is 16.9 Å². The molecule has 2 bridgehead atoms. The number of hydrogen-bond acceptors (Lipinski definition) is 4. The lowest BCUT2D eigenvalue weighted by molar-refractivity contribution is -0.128. The van der Waals surface area contributed by atoms with Gasteiger partial charge < -0.3 is 11.1 Å². The van der Waals surface area contributed by atoms with Crippen molar-refractivity contribution in [3.05, 3.63) is 16.6 Å². The van der Waals surface area contributed by atoms with Crippen LogP contribution in [0.3, 0.4) is 0 Å². The van der Waals surface area contributed by atoms with Gasteiger partial charge in [-0.25, -0.2) is 4.98 Å². The van der Waals surface area contributed by atoms with Gasteiger partial charge in [-0.1, -0.05) is 6.42 Å². The van der Waals surface area contributed by atoms with Crippen LogP contribution in [0.5, 0.6) is 0 Å². The number of amides is 1. The van der Waals surface area contributed by atoms with E-state index in [1.807, 2.05) is 5.38 Å². The molecule has 0 radical (unpaired) electrons. The number of rotatable bonds is 3. The lowest BCUT2D eigenvalue weighted by Crippen LogP contribution is -2.49. The summed E-state index contributed by atoms with van der Waals surface area (Å²) in [5.74, 6) is 1.47. The van der Waals surface area contributed by atoms with E-state index in [2.05, 4.69) is 10.3 Å². The Morgan fingerprint density at radius 3 is 2.79 bits per heavy atom. The van der Waals surface area contributed by atoms with Gasteiger partial charge in [-0.2, -0.15) is 0 Å². The molecule has 2 saturated carbocycles. The van der Waals surface area contributed by atoms with Gasteiger partial charge in [0.15, 0.2) is 0 Å². The van der Waals surface area contributed by atoms with Crippen LogP contribution in [0.25, 0.3) is 0 Å². The molecule has 19 heavy (non-hydrogen) atoms. The van der Waals surface area contributed by atoms with Gasteiger partial charge in [-0.3, -0.25) is 4.79 Å². The number of nitrogens with one attached hydrogen (secondary N) is 1. The number of nitrogens with two attached hydrogens (primary N) is 1. The molecule has 2 unspecified atom stereocenters. The summed E-state index contributed by atoms with van der Waals surface area (Å²) < 4.78 is 0. The van der Waals surface area contributed by atoms with Gasteiger partial charge in [0.25, 0.3) is 0 Å². The summed E-state index contributed by atoms with van der Waals surface area (Å²) in [4.78, 5) is 16.4. The minimum absolute atomic E-state index is 0.162. The molecule has 2 aliphatic rings. The fraction of sp³-hybridized carbons (Fsp3) is 0.714. The molecule has 1 aromatic heterocycles. The van der Waals surface area contributed by atoms with Crippen LogP contribution in [0.1, 0.15) is 37.1 Å². The van der Waals surface area contributed by atoms with E-state index in [1.165, 1.54) is 19.3 Å². The van der Waals surface area contributed by atoms with Crippen molar-refractivity contribution in [3.63, 3.8) is 0 Å². The van der Waals surface area contributed by atoms with E-state index in [-0.39, 0.29) is 11.8 Å². The number of aromatic nitrogens is 1. The first-order chi connectivity index (χ1) is 9.24. The lowest BCUT2D eigenvalue weighted by Gasteiger charge is -2.43. The van der Waals surface area contributed by atoms with Gasteiger partial charge in [0, 0.05) is 23.5 Å². The maximum atomic E-state index is 12.3. The monoisotopic (exact) mass is 279 g/mol. The first-order valence-electron chi connectivity index (χ1n) is 7.15. The zero-order valence-corrected chi connectivity index (χ0v) is 11.9. The van der Waals surface area contributed by atoms with Crippen LogP contribution in [0.2, 0.25) is 0 Å². The van der Waals surface area contributed by atoms with Crippen molar-refractivity contribution in [3.8, 4) is 0 Å². The van der Waals surface area contributed by atoms with Crippen molar-refractivity contribution >= 4 is 17.2 Å². The number of fused-ring (bicyclic) bond motifs is 2. The molecule has 3 rings (SSSR count). The third-order valence-electron chi connectivity index (χ3n) is 4.68. The van der Waals surface area contributed by atoms with Crippen molar-refractivity contribution in [2.24, 2.45) is 23.5 Å². The Kier molecular flexibility index (Phi) is 3.84. The third-order valence-corrected chi connectivity index (χ3v) is 5.46. The Labute approximate surface area is 117 Å². The molecule has 2 aliphatic carbocycles. The highest BCUT2D eigenvalue weighted by Crippen LogP contribution is 2.41. The van der Waals surface area contributed by atoms with Gasteiger partial charge >= 0.3 is 0 Å². The highest BCUT2D eigenvalue weighted by molar-refractivity contribution is 7.09. The second-order valence-corrected chi connectivity index (χ2v) is 6.82.